The van der Waals surface area contributed by atoms with Crippen LogP contribution >= 0.6 is 0 Å². The number of carbonyl (C=O) groups excluding carboxylic acids is 5. The molecule has 1 aromatic heterocycles. The Balaban J connectivity index is 1.36. The Hall–Kier alpha value is -4.48. The Morgan fingerprint density at radius 3 is 2.67 bits per heavy atom. The fourth-order valence-corrected chi connectivity index (χ4v) is 5.50. The normalized spacial score (nSPS) is 18.1. The number of methoxy groups -OCH3 is 1. The van der Waals surface area contributed by atoms with Gasteiger partial charge >= 0.3 is 5.97 Å². The van der Waals surface area contributed by atoms with E-state index >= 15 is 0 Å². The fourth-order valence-electron chi connectivity index (χ4n) is 5.50. The van der Waals surface area contributed by atoms with Crippen molar-refractivity contribution in [3.8, 4) is 5.75 Å². The summed E-state index contributed by atoms with van der Waals surface area (Å²) in [7, 11) is 1.56. The van der Waals surface area contributed by atoms with Crippen molar-refractivity contribution in [3.05, 3.63) is 52.3 Å². The lowest BCUT2D eigenvalue weighted by molar-refractivity contribution is -0.132. The lowest BCUT2D eigenvalue weighted by Crippen LogP contribution is -2.50. The quantitative estimate of drug-likeness (QED) is 0.287. The molecule has 4 N–H and O–H groups in total. The van der Waals surface area contributed by atoms with Crippen LogP contribution < -0.4 is 26.0 Å². The minimum absolute atomic E-state index is 0.0470. The first-order valence-corrected chi connectivity index (χ1v) is 14.0. The van der Waals surface area contributed by atoms with E-state index in [2.05, 4.69) is 26.3 Å². The van der Waals surface area contributed by atoms with Crippen LogP contribution in [0.2, 0.25) is 0 Å². The van der Waals surface area contributed by atoms with Crippen molar-refractivity contribution in [2.24, 2.45) is 5.92 Å². The van der Waals surface area contributed by atoms with Crippen molar-refractivity contribution in [1.29, 1.82) is 0 Å². The fraction of sp³-hybridized carbons (Fsp3) is 0.467. The molecule has 2 aromatic rings. The van der Waals surface area contributed by atoms with Crippen molar-refractivity contribution >= 4 is 35.2 Å². The predicted octanol–water partition coefficient (Wildman–Crippen LogP) is 1.30. The molecule has 0 saturated carbocycles. The van der Waals surface area contributed by atoms with Gasteiger partial charge in [0.25, 0.3) is 0 Å². The summed E-state index contributed by atoms with van der Waals surface area (Å²) in [6, 6.07) is 5.55. The molecular weight excluding hydrogens is 542 g/mol. The molecule has 1 unspecified atom stereocenters. The minimum Gasteiger partial charge on any atom is -0.496 e. The second-order valence-corrected chi connectivity index (χ2v) is 10.7. The number of hydrogen-bond donors (Lipinski definition) is 4. The van der Waals surface area contributed by atoms with Crippen molar-refractivity contribution < 1.29 is 33.4 Å². The summed E-state index contributed by atoms with van der Waals surface area (Å²) < 4.78 is 10.7. The standard InChI is InChI=1S/C30H37N5O7/c1-16-11-17(2)33-18(3)27(16)30(40)42-15-24(36)22(12-19-7-6-10-31-28(19)38)35-26(37)14-32-29(39)23-13-20-21(34-23)8-5-9-25(20)41-4/h5,8-9,11,19,22-23,34H,6-7,10,12-15H2,1-4H3,(H,31,38)(H,32,39)(H,35,37)/t19-,22-,23?/m0/s1. The van der Waals surface area contributed by atoms with E-state index < -0.39 is 42.3 Å². The van der Waals surface area contributed by atoms with Gasteiger partial charge in [-0.1, -0.05) is 6.07 Å². The van der Waals surface area contributed by atoms with Gasteiger partial charge < -0.3 is 30.7 Å². The molecule has 2 aliphatic rings. The Kier molecular flexibility index (Phi) is 9.76. The molecule has 3 heterocycles. The largest absolute Gasteiger partial charge is 0.496 e. The average molecular weight is 580 g/mol. The summed E-state index contributed by atoms with van der Waals surface area (Å²) in [5.41, 5.74) is 3.87. The third-order valence-electron chi connectivity index (χ3n) is 7.55. The van der Waals surface area contributed by atoms with Crippen LogP contribution in [0.3, 0.4) is 0 Å². The number of nitrogens with one attached hydrogen (secondary N) is 4. The maximum absolute atomic E-state index is 13.2. The number of hydrogen-bond acceptors (Lipinski definition) is 9. The number of piperidine rings is 1. The SMILES string of the molecule is COc1cccc2c1CC(C(=O)NCC(=O)N[C@@H](C[C@@H]1CCCNC1=O)C(=O)COC(=O)c1c(C)cc(C)nc1C)N2. The molecule has 0 radical (unpaired) electrons. The first-order chi connectivity index (χ1) is 20.1. The number of nitrogens with zero attached hydrogens (tertiary/aromatic N) is 1. The van der Waals surface area contributed by atoms with E-state index in [1.165, 1.54) is 0 Å². The Labute approximate surface area is 244 Å². The van der Waals surface area contributed by atoms with Crippen molar-refractivity contribution in [2.75, 3.05) is 32.1 Å². The summed E-state index contributed by atoms with van der Waals surface area (Å²) in [4.78, 5) is 68.4. The van der Waals surface area contributed by atoms with Crippen LogP contribution in [-0.4, -0.2) is 73.3 Å². The number of ether oxygens (including phenoxy) is 2. The molecular formula is C30H37N5O7. The van der Waals surface area contributed by atoms with Gasteiger partial charge in [-0.15, -0.1) is 0 Å². The van der Waals surface area contributed by atoms with Gasteiger partial charge in [-0.2, -0.15) is 0 Å². The van der Waals surface area contributed by atoms with Gasteiger partial charge in [-0.3, -0.25) is 24.2 Å². The average Bonchev–Trinajstić information content (AvgIpc) is 3.39. The third-order valence-corrected chi connectivity index (χ3v) is 7.55. The van der Waals surface area contributed by atoms with Crippen molar-refractivity contribution in [3.63, 3.8) is 0 Å². The third kappa shape index (κ3) is 7.23. The number of anilines is 1. The van der Waals surface area contributed by atoms with E-state index in [1.54, 1.807) is 27.0 Å². The van der Waals surface area contributed by atoms with Crippen LogP contribution in [0.25, 0.3) is 0 Å². The highest BCUT2D eigenvalue weighted by atomic mass is 16.5. The molecule has 1 saturated heterocycles. The summed E-state index contributed by atoms with van der Waals surface area (Å²) in [6.45, 7) is 4.85. The molecule has 0 aliphatic carbocycles. The number of aromatic nitrogens is 1. The molecule has 1 fully saturated rings. The topological polar surface area (TPSA) is 165 Å². The van der Waals surface area contributed by atoms with Crippen molar-refractivity contribution in [2.45, 2.75) is 58.5 Å². The number of pyridine rings is 1. The Morgan fingerprint density at radius 2 is 1.95 bits per heavy atom. The maximum atomic E-state index is 13.2. The number of aryl methyl sites for hydroxylation is 3. The number of esters is 1. The summed E-state index contributed by atoms with van der Waals surface area (Å²) in [5.74, 6) is -2.25. The van der Waals surface area contributed by atoms with Gasteiger partial charge in [-0.25, -0.2) is 4.79 Å². The van der Waals surface area contributed by atoms with E-state index in [-0.39, 0.29) is 30.3 Å². The minimum atomic E-state index is -1.09. The smallest absolute Gasteiger partial charge is 0.340 e. The first-order valence-electron chi connectivity index (χ1n) is 14.0. The highest BCUT2D eigenvalue weighted by molar-refractivity contribution is 5.97. The van der Waals surface area contributed by atoms with Gasteiger partial charge in [0.15, 0.2) is 12.4 Å². The van der Waals surface area contributed by atoms with Gasteiger partial charge in [0.05, 0.1) is 31.0 Å². The summed E-state index contributed by atoms with van der Waals surface area (Å²) >= 11 is 0. The second kappa shape index (κ2) is 13.5. The zero-order valence-corrected chi connectivity index (χ0v) is 24.3. The van der Waals surface area contributed by atoms with Gasteiger partial charge in [0.1, 0.15) is 11.8 Å². The van der Waals surface area contributed by atoms with E-state index in [1.807, 2.05) is 25.1 Å². The van der Waals surface area contributed by atoms with Crippen LogP contribution in [0.5, 0.6) is 5.75 Å². The zero-order chi connectivity index (χ0) is 30.4. The Morgan fingerprint density at radius 1 is 1.17 bits per heavy atom. The van der Waals surface area contributed by atoms with E-state index in [4.69, 9.17) is 9.47 Å². The maximum Gasteiger partial charge on any atom is 0.340 e. The van der Waals surface area contributed by atoms with E-state index in [9.17, 15) is 24.0 Å². The number of rotatable bonds is 11. The number of benzene rings is 1. The molecule has 4 rings (SSSR count). The van der Waals surface area contributed by atoms with E-state index in [0.29, 0.717) is 36.4 Å². The number of ketones is 1. The molecule has 0 bridgehead atoms. The molecule has 12 nitrogen and oxygen atoms in total. The van der Waals surface area contributed by atoms with Crippen LogP contribution in [0.1, 0.15) is 52.1 Å². The lowest BCUT2D eigenvalue weighted by Gasteiger charge is -2.26. The summed E-state index contributed by atoms with van der Waals surface area (Å²) in [5, 5.41) is 11.1. The molecule has 0 spiro atoms. The molecule has 1 aromatic carbocycles. The zero-order valence-electron chi connectivity index (χ0n) is 24.3. The number of amides is 3. The van der Waals surface area contributed by atoms with Crippen LogP contribution in [0.15, 0.2) is 24.3 Å². The molecule has 42 heavy (non-hydrogen) atoms. The molecule has 3 atom stereocenters. The molecule has 12 heteroatoms. The molecule has 3 amide bonds. The second-order valence-electron chi connectivity index (χ2n) is 10.7. The monoisotopic (exact) mass is 579 g/mol. The van der Waals surface area contributed by atoms with Gasteiger partial charge in [0.2, 0.25) is 17.7 Å². The van der Waals surface area contributed by atoms with Crippen LogP contribution in [-0.2, 0) is 30.3 Å². The highest BCUT2D eigenvalue weighted by Crippen LogP contribution is 2.33. The first kappa shape index (κ1) is 30.5. The Bertz CT molecular complexity index is 1370. The number of Topliss-reactive ketones (excluding diaryl/α,β-unsaturated/α-hetero) is 1. The van der Waals surface area contributed by atoms with Gasteiger partial charge in [-0.05, 0) is 63.8 Å². The predicted molar refractivity (Wildman–Crippen MR) is 153 cm³/mol. The van der Waals surface area contributed by atoms with E-state index in [0.717, 1.165) is 23.4 Å². The number of fused-ring (bicyclic) bond motifs is 1. The lowest BCUT2D eigenvalue weighted by atomic mass is 9.90. The van der Waals surface area contributed by atoms with Crippen LogP contribution in [0.4, 0.5) is 5.69 Å². The molecule has 224 valence electrons. The van der Waals surface area contributed by atoms with Crippen LogP contribution in [0, 0.1) is 26.7 Å². The van der Waals surface area contributed by atoms with Gasteiger partial charge in [0, 0.05) is 35.8 Å². The summed E-state index contributed by atoms with van der Waals surface area (Å²) in [6.07, 6.45) is 1.75. The van der Waals surface area contributed by atoms with Crippen molar-refractivity contribution in [1.82, 2.24) is 20.9 Å². The number of carbonyl (C=O) groups is 5. The highest BCUT2D eigenvalue weighted by Gasteiger charge is 2.32. The molecule has 2 aliphatic heterocycles.